The van der Waals surface area contributed by atoms with Gasteiger partial charge in [0.1, 0.15) is 51.2 Å². The van der Waals surface area contributed by atoms with E-state index in [0.717, 1.165) is 22.5 Å². The summed E-state index contributed by atoms with van der Waals surface area (Å²) < 4.78 is 0. The minimum absolute atomic E-state index is 0.159. The molecular weight excluding hydrogens is 636 g/mol. The molecule has 0 unspecified atom stereocenters. The maximum Gasteiger partial charge on any atom is 0.249 e. The molecule has 0 bridgehead atoms. The van der Waals surface area contributed by atoms with Gasteiger partial charge in [-0.2, -0.15) is 9.58 Å². The minimum atomic E-state index is -0.420. The van der Waals surface area contributed by atoms with Crippen LogP contribution in [0.1, 0.15) is 31.6 Å². The largest absolute Gasteiger partial charge is 0.352 e. The standard InChI is InChI=1S/C21H22N8O2S.C10H10N4O2/c1-2-14-11-15-20(22-13-23-21(15)32-14)28-9-7-27(8-10-28)19(31)12-18(30)25-29-17-6-4-3-5-16(17)24-26-29;1-7(15)6-10(16)12-14-9-5-3-2-4-8(9)11-13-14/h3-6,11,13H,2,7-10,12H2,1H3,(H,25,30);2-5H,6H2,1H3,(H,12,16). The van der Waals surface area contributed by atoms with Crippen molar-refractivity contribution in [1.29, 1.82) is 0 Å². The molecule has 3 amide bonds. The van der Waals surface area contributed by atoms with Crippen LogP contribution in [0, 0.1) is 0 Å². The second kappa shape index (κ2) is 14.3. The average molecular weight is 669 g/mol. The van der Waals surface area contributed by atoms with E-state index in [1.165, 1.54) is 21.4 Å². The van der Waals surface area contributed by atoms with Crippen molar-refractivity contribution in [3.8, 4) is 0 Å². The van der Waals surface area contributed by atoms with Gasteiger partial charge >= 0.3 is 0 Å². The van der Waals surface area contributed by atoms with Crippen molar-refractivity contribution in [1.82, 2.24) is 45.1 Å². The Bertz CT molecular complexity index is 2110. The predicted molar refractivity (Wildman–Crippen MR) is 179 cm³/mol. The van der Waals surface area contributed by atoms with Crippen LogP contribution in [0.3, 0.4) is 0 Å². The highest BCUT2D eigenvalue weighted by Crippen LogP contribution is 2.31. The van der Waals surface area contributed by atoms with Crippen molar-refractivity contribution < 1.29 is 19.2 Å². The van der Waals surface area contributed by atoms with Crippen molar-refractivity contribution >= 4 is 72.9 Å². The van der Waals surface area contributed by atoms with E-state index in [9.17, 15) is 19.2 Å². The second-order valence-electron chi connectivity index (χ2n) is 11.0. The maximum atomic E-state index is 12.7. The molecule has 2 aromatic carbocycles. The Morgan fingerprint density at radius 2 is 1.38 bits per heavy atom. The van der Waals surface area contributed by atoms with E-state index in [-0.39, 0.29) is 24.5 Å². The van der Waals surface area contributed by atoms with E-state index < -0.39 is 11.8 Å². The fourth-order valence-electron chi connectivity index (χ4n) is 5.18. The number of carbonyl (C=O) groups is 4. The number of ketones is 1. The van der Waals surface area contributed by atoms with E-state index in [0.29, 0.717) is 48.2 Å². The Balaban J connectivity index is 0.000000211. The topological polar surface area (TPSA) is 186 Å². The normalized spacial score (nSPS) is 13.0. The maximum absolute atomic E-state index is 12.7. The molecule has 1 aliphatic rings. The molecule has 0 atom stereocenters. The van der Waals surface area contributed by atoms with Crippen LogP contribution in [-0.2, 0) is 25.6 Å². The zero-order chi connectivity index (χ0) is 33.6. The number of hydrogen-bond donors (Lipinski definition) is 2. The molecule has 246 valence electrons. The number of amides is 3. The van der Waals surface area contributed by atoms with Crippen molar-refractivity contribution in [2.75, 3.05) is 41.9 Å². The van der Waals surface area contributed by atoms with Gasteiger partial charge in [-0.15, -0.1) is 21.5 Å². The first kappa shape index (κ1) is 32.1. The quantitative estimate of drug-likeness (QED) is 0.227. The van der Waals surface area contributed by atoms with E-state index >= 15 is 0 Å². The Morgan fingerprint density at radius 1 is 0.792 bits per heavy atom. The van der Waals surface area contributed by atoms with Crippen molar-refractivity contribution in [2.24, 2.45) is 0 Å². The number of Topliss-reactive ketones (excluding diaryl/α,β-unsaturated/α-hetero) is 1. The van der Waals surface area contributed by atoms with Crippen LogP contribution < -0.4 is 15.8 Å². The number of para-hydroxylation sites is 2. The number of aromatic nitrogens is 8. The fourth-order valence-corrected chi connectivity index (χ4v) is 6.11. The average Bonchev–Trinajstić information content (AvgIpc) is 3.82. The highest BCUT2D eigenvalue weighted by molar-refractivity contribution is 7.18. The summed E-state index contributed by atoms with van der Waals surface area (Å²) >= 11 is 1.69. The van der Waals surface area contributed by atoms with Gasteiger partial charge in [0.05, 0.1) is 11.8 Å². The molecule has 1 aliphatic heterocycles. The van der Waals surface area contributed by atoms with Crippen LogP contribution in [0.5, 0.6) is 0 Å². The number of anilines is 1. The number of fused-ring (bicyclic) bond motifs is 3. The lowest BCUT2D eigenvalue weighted by molar-refractivity contribution is -0.135. The number of thiophene rings is 1. The third-order valence-corrected chi connectivity index (χ3v) is 8.71. The Morgan fingerprint density at radius 3 is 1.96 bits per heavy atom. The van der Waals surface area contributed by atoms with Gasteiger partial charge in [-0.25, -0.2) is 20.8 Å². The Kier molecular flexibility index (Phi) is 9.56. The molecule has 7 rings (SSSR count). The summed E-state index contributed by atoms with van der Waals surface area (Å²) in [7, 11) is 0. The summed E-state index contributed by atoms with van der Waals surface area (Å²) in [5.41, 5.74) is 7.84. The zero-order valence-electron chi connectivity index (χ0n) is 26.2. The van der Waals surface area contributed by atoms with Gasteiger partial charge < -0.3 is 9.80 Å². The van der Waals surface area contributed by atoms with E-state index in [1.807, 2.05) is 24.3 Å². The summed E-state index contributed by atoms with van der Waals surface area (Å²) in [6, 6.07) is 16.7. The summed E-state index contributed by atoms with van der Waals surface area (Å²) in [4.78, 5) is 64.8. The van der Waals surface area contributed by atoms with E-state index in [2.05, 4.69) is 59.3 Å². The van der Waals surface area contributed by atoms with Crippen molar-refractivity contribution in [3.05, 3.63) is 65.8 Å². The van der Waals surface area contributed by atoms with Crippen LogP contribution in [0.25, 0.3) is 32.3 Å². The van der Waals surface area contributed by atoms with Gasteiger partial charge in [0.2, 0.25) is 17.7 Å². The number of nitrogens with one attached hydrogen (secondary N) is 2. The number of hydrogen-bond acceptors (Lipinski definition) is 12. The molecular formula is C31H32N12O4S. The van der Waals surface area contributed by atoms with Crippen molar-refractivity contribution in [3.63, 3.8) is 0 Å². The molecule has 0 aliphatic carbocycles. The molecule has 1 fully saturated rings. The lowest BCUT2D eigenvalue weighted by atomic mass is 10.2. The molecule has 48 heavy (non-hydrogen) atoms. The summed E-state index contributed by atoms with van der Waals surface area (Å²) in [5, 5.41) is 16.6. The molecule has 17 heteroatoms. The van der Waals surface area contributed by atoms with Gasteiger partial charge in [-0.1, -0.05) is 31.2 Å². The smallest absolute Gasteiger partial charge is 0.249 e. The van der Waals surface area contributed by atoms with Crippen LogP contribution in [0.2, 0.25) is 0 Å². The Hall–Kier alpha value is -5.84. The van der Waals surface area contributed by atoms with Gasteiger partial charge in [-0.3, -0.25) is 19.2 Å². The highest BCUT2D eigenvalue weighted by Gasteiger charge is 2.25. The van der Waals surface area contributed by atoms with E-state index in [1.54, 1.807) is 46.8 Å². The number of piperazine rings is 1. The number of nitrogens with zero attached hydrogens (tertiary/aromatic N) is 10. The molecule has 0 saturated carbocycles. The SMILES string of the molecule is CC(=O)CC(=O)Nn1nnc2ccccc21.CCc1cc2c(N3CCN(C(=O)CC(=O)Nn4nnc5ccccc54)CC3)ncnc2s1. The lowest BCUT2D eigenvalue weighted by Gasteiger charge is -2.35. The first-order valence-electron chi connectivity index (χ1n) is 15.2. The van der Waals surface area contributed by atoms with Crippen LogP contribution in [0.4, 0.5) is 5.82 Å². The summed E-state index contributed by atoms with van der Waals surface area (Å²) in [5.74, 6) is -0.307. The lowest BCUT2D eigenvalue weighted by Crippen LogP contribution is -2.49. The molecule has 2 N–H and O–H groups in total. The number of rotatable bonds is 8. The molecule has 0 radical (unpaired) electrons. The molecule has 5 heterocycles. The Labute approximate surface area is 277 Å². The molecule has 16 nitrogen and oxygen atoms in total. The number of aryl methyl sites for hydroxylation is 1. The molecule has 1 saturated heterocycles. The van der Waals surface area contributed by atoms with Gasteiger partial charge in [0, 0.05) is 31.1 Å². The first-order valence-corrected chi connectivity index (χ1v) is 16.1. The third-order valence-electron chi connectivity index (χ3n) is 7.53. The monoisotopic (exact) mass is 668 g/mol. The molecule has 6 aromatic rings. The first-order chi connectivity index (χ1) is 23.3. The van der Waals surface area contributed by atoms with Crippen molar-refractivity contribution in [2.45, 2.75) is 33.1 Å². The zero-order valence-corrected chi connectivity index (χ0v) is 27.1. The van der Waals surface area contributed by atoms with Gasteiger partial charge in [0.25, 0.3) is 0 Å². The van der Waals surface area contributed by atoms with Gasteiger partial charge in [0.15, 0.2) is 0 Å². The molecule has 0 spiro atoms. The van der Waals surface area contributed by atoms with E-state index in [4.69, 9.17) is 0 Å². The highest BCUT2D eigenvalue weighted by atomic mass is 32.1. The fraction of sp³-hybridized carbons (Fsp3) is 0.290. The van der Waals surface area contributed by atoms with Crippen LogP contribution in [-0.4, -0.2) is 94.8 Å². The predicted octanol–water partition coefficient (Wildman–Crippen LogP) is 2.29. The summed E-state index contributed by atoms with van der Waals surface area (Å²) in [6.45, 7) is 5.88. The molecule has 4 aromatic heterocycles. The third kappa shape index (κ3) is 7.25. The van der Waals surface area contributed by atoms with Gasteiger partial charge in [-0.05, 0) is 54.1 Å². The number of benzene rings is 2. The minimum Gasteiger partial charge on any atom is -0.352 e. The second-order valence-corrected chi connectivity index (χ2v) is 12.1. The summed E-state index contributed by atoms with van der Waals surface area (Å²) in [6.07, 6.45) is 2.17. The number of carbonyl (C=O) groups excluding carboxylic acids is 4. The van der Waals surface area contributed by atoms with Crippen LogP contribution >= 0.6 is 11.3 Å². The van der Waals surface area contributed by atoms with Crippen LogP contribution in [0.15, 0.2) is 60.9 Å².